The topological polar surface area (TPSA) is 133 Å². The van der Waals surface area contributed by atoms with E-state index in [1.165, 1.54) is 18.2 Å². The second kappa shape index (κ2) is 4.96. The van der Waals surface area contributed by atoms with Crippen LogP contribution in [0.2, 0.25) is 5.02 Å². The number of hydrogen-bond donors (Lipinski definition) is 2. The van der Waals surface area contributed by atoms with E-state index in [4.69, 9.17) is 11.6 Å². The van der Waals surface area contributed by atoms with Crippen LogP contribution in [0.4, 0.5) is 5.69 Å². The lowest BCUT2D eigenvalue weighted by Gasteiger charge is -2.33. The van der Waals surface area contributed by atoms with Gasteiger partial charge in [-0.25, -0.2) is 0 Å². The van der Waals surface area contributed by atoms with Gasteiger partial charge in [-0.1, -0.05) is 11.6 Å². The van der Waals surface area contributed by atoms with E-state index in [2.05, 4.69) is 5.32 Å². The molecule has 114 valence electrons. The maximum atomic E-state index is 12.4. The van der Waals surface area contributed by atoms with E-state index in [0.29, 0.717) is 0 Å². The monoisotopic (exact) mass is 323 g/mol. The molecule has 2 rings (SSSR count). The number of benzene rings is 1. The van der Waals surface area contributed by atoms with Crippen LogP contribution < -0.4 is 5.32 Å². The van der Waals surface area contributed by atoms with Gasteiger partial charge in [-0.3, -0.25) is 19.7 Å². The van der Waals surface area contributed by atoms with Gasteiger partial charge in [-0.2, -0.15) is 5.26 Å². The summed E-state index contributed by atoms with van der Waals surface area (Å²) in [5.74, 6) is -2.53. The molecule has 22 heavy (non-hydrogen) atoms. The molecular weight excluding hydrogens is 314 g/mol. The maximum absolute atomic E-state index is 12.4. The van der Waals surface area contributed by atoms with Gasteiger partial charge < -0.3 is 10.4 Å². The standard InChI is InChI=1S/C13H10ClN3O5/c1-12(5-15,11(19)20)13(6-17(21)22)8-4-7(14)2-3-9(8)16-10(13)18/h2-4H,6H2,1H3,(H,16,18)(H,19,20). The van der Waals surface area contributed by atoms with Gasteiger partial charge in [0.25, 0.3) is 0 Å². The predicted octanol–water partition coefficient (Wildman–Crippen LogP) is 1.42. The van der Waals surface area contributed by atoms with Crippen molar-refractivity contribution in [3.05, 3.63) is 38.9 Å². The van der Waals surface area contributed by atoms with Crippen LogP contribution in [0, 0.1) is 26.9 Å². The molecule has 9 heteroatoms. The highest BCUT2D eigenvalue weighted by Gasteiger charge is 2.67. The molecule has 1 aliphatic rings. The molecule has 0 bridgehead atoms. The molecule has 0 saturated heterocycles. The predicted molar refractivity (Wildman–Crippen MR) is 75.0 cm³/mol. The third-order valence-electron chi connectivity index (χ3n) is 3.95. The maximum Gasteiger partial charge on any atom is 0.325 e. The molecule has 2 unspecified atom stereocenters. The number of carbonyl (C=O) groups is 2. The van der Waals surface area contributed by atoms with Gasteiger partial charge in [0.15, 0.2) is 10.8 Å². The number of fused-ring (bicyclic) bond motifs is 1. The van der Waals surface area contributed by atoms with Crippen molar-refractivity contribution in [1.82, 2.24) is 0 Å². The first-order valence-corrected chi connectivity index (χ1v) is 6.45. The Morgan fingerprint density at radius 2 is 2.27 bits per heavy atom. The number of anilines is 1. The molecule has 0 saturated carbocycles. The molecule has 1 aromatic rings. The smallest absolute Gasteiger partial charge is 0.325 e. The Bertz CT molecular complexity index is 744. The molecule has 2 atom stereocenters. The van der Waals surface area contributed by atoms with E-state index in [0.717, 1.165) is 6.92 Å². The van der Waals surface area contributed by atoms with Crippen molar-refractivity contribution in [3.8, 4) is 6.07 Å². The molecule has 0 fully saturated rings. The van der Waals surface area contributed by atoms with E-state index in [1.807, 2.05) is 0 Å². The number of carboxylic acids is 1. The summed E-state index contributed by atoms with van der Waals surface area (Å²) in [7, 11) is 0. The fraction of sp³-hybridized carbons (Fsp3) is 0.308. The van der Waals surface area contributed by atoms with Crippen LogP contribution in [0.5, 0.6) is 0 Å². The fourth-order valence-corrected chi connectivity index (χ4v) is 2.83. The van der Waals surface area contributed by atoms with Crippen LogP contribution in [0.1, 0.15) is 12.5 Å². The summed E-state index contributed by atoms with van der Waals surface area (Å²) in [6.45, 7) is -0.0447. The Hall–Kier alpha value is -2.66. The van der Waals surface area contributed by atoms with Gasteiger partial charge in [-0.15, -0.1) is 0 Å². The number of nitriles is 1. The van der Waals surface area contributed by atoms with Crippen LogP contribution in [-0.4, -0.2) is 28.5 Å². The lowest BCUT2D eigenvalue weighted by atomic mass is 9.61. The highest BCUT2D eigenvalue weighted by atomic mass is 35.5. The summed E-state index contributed by atoms with van der Waals surface area (Å²) in [4.78, 5) is 34.3. The Kier molecular flexibility index (Phi) is 3.55. The number of rotatable bonds is 4. The fourth-order valence-electron chi connectivity index (χ4n) is 2.66. The van der Waals surface area contributed by atoms with Gasteiger partial charge in [0.1, 0.15) is 0 Å². The molecular formula is C13H10ClN3O5. The van der Waals surface area contributed by atoms with Crippen molar-refractivity contribution in [2.24, 2.45) is 5.41 Å². The van der Waals surface area contributed by atoms with Crippen molar-refractivity contribution < 1.29 is 19.6 Å². The first kappa shape index (κ1) is 15.7. The van der Waals surface area contributed by atoms with Crippen molar-refractivity contribution in [2.75, 3.05) is 11.9 Å². The summed E-state index contributed by atoms with van der Waals surface area (Å²) < 4.78 is 0. The number of nitro groups is 1. The van der Waals surface area contributed by atoms with Crippen LogP contribution in [0.15, 0.2) is 18.2 Å². The van der Waals surface area contributed by atoms with Gasteiger partial charge in [0, 0.05) is 21.2 Å². The van der Waals surface area contributed by atoms with E-state index in [9.17, 15) is 30.1 Å². The average Bonchev–Trinajstić information content (AvgIpc) is 2.70. The van der Waals surface area contributed by atoms with Gasteiger partial charge in [0.2, 0.25) is 12.5 Å². The summed E-state index contributed by atoms with van der Waals surface area (Å²) in [6, 6.07) is 5.69. The lowest BCUT2D eigenvalue weighted by molar-refractivity contribution is -0.490. The number of nitrogens with zero attached hydrogens (tertiary/aromatic N) is 2. The molecule has 1 heterocycles. The Balaban J connectivity index is 2.86. The number of halogens is 1. The van der Waals surface area contributed by atoms with E-state index >= 15 is 0 Å². The number of carbonyl (C=O) groups excluding carboxylic acids is 1. The molecule has 1 amide bonds. The zero-order valence-electron chi connectivity index (χ0n) is 11.3. The summed E-state index contributed by atoms with van der Waals surface area (Å²) in [5, 5.41) is 32.4. The summed E-state index contributed by atoms with van der Waals surface area (Å²) in [6.07, 6.45) is 0. The van der Waals surface area contributed by atoms with Crippen LogP contribution in [-0.2, 0) is 15.0 Å². The molecule has 0 spiro atoms. The molecule has 1 aliphatic heterocycles. The minimum Gasteiger partial charge on any atom is -0.480 e. The van der Waals surface area contributed by atoms with Crippen molar-refractivity contribution >= 4 is 29.2 Å². The number of aliphatic carboxylic acids is 1. The molecule has 1 aromatic carbocycles. The molecule has 2 N–H and O–H groups in total. The van der Waals surface area contributed by atoms with E-state index in [-0.39, 0.29) is 16.3 Å². The quantitative estimate of drug-likeness (QED) is 0.635. The van der Waals surface area contributed by atoms with Crippen molar-refractivity contribution in [1.29, 1.82) is 5.26 Å². The van der Waals surface area contributed by atoms with Crippen LogP contribution >= 0.6 is 11.6 Å². The molecule has 0 aromatic heterocycles. The van der Waals surface area contributed by atoms with Crippen LogP contribution in [0.25, 0.3) is 0 Å². The summed E-state index contributed by atoms with van der Waals surface area (Å²) in [5.41, 5.74) is -4.26. The SMILES string of the molecule is CC(C#N)(C(=O)O)C1(C[N+](=O)[O-])C(=O)Nc2ccc(Cl)cc21. The van der Waals surface area contributed by atoms with Crippen molar-refractivity contribution in [2.45, 2.75) is 12.3 Å². The van der Waals surface area contributed by atoms with Crippen molar-refractivity contribution in [3.63, 3.8) is 0 Å². The minimum atomic E-state index is -2.33. The summed E-state index contributed by atoms with van der Waals surface area (Å²) >= 11 is 5.87. The largest absolute Gasteiger partial charge is 0.480 e. The Morgan fingerprint density at radius 1 is 1.64 bits per heavy atom. The first-order chi connectivity index (χ1) is 10.2. The zero-order chi connectivity index (χ0) is 16.7. The molecule has 0 radical (unpaired) electrons. The lowest BCUT2D eigenvalue weighted by Crippen LogP contribution is -2.56. The number of amides is 1. The normalized spacial score (nSPS) is 22.1. The third-order valence-corrected chi connectivity index (χ3v) is 4.18. The molecule has 0 aliphatic carbocycles. The van der Waals surface area contributed by atoms with Crippen LogP contribution in [0.3, 0.4) is 0 Å². The highest BCUT2D eigenvalue weighted by molar-refractivity contribution is 6.31. The number of carboxylic acid groups (broad SMARTS) is 1. The number of nitrogens with one attached hydrogen (secondary N) is 1. The Labute approximate surface area is 129 Å². The number of hydrogen-bond acceptors (Lipinski definition) is 5. The second-order valence-electron chi connectivity index (χ2n) is 5.08. The first-order valence-electron chi connectivity index (χ1n) is 6.07. The van der Waals surface area contributed by atoms with E-state index in [1.54, 1.807) is 6.07 Å². The Morgan fingerprint density at radius 3 is 2.77 bits per heavy atom. The zero-order valence-corrected chi connectivity index (χ0v) is 12.0. The van der Waals surface area contributed by atoms with Gasteiger partial charge >= 0.3 is 5.97 Å². The third kappa shape index (κ3) is 1.90. The minimum absolute atomic E-state index is 0.0353. The van der Waals surface area contributed by atoms with E-state index < -0.39 is 34.2 Å². The second-order valence-corrected chi connectivity index (χ2v) is 5.52. The van der Waals surface area contributed by atoms with Gasteiger partial charge in [0.05, 0.1) is 6.07 Å². The highest BCUT2D eigenvalue weighted by Crippen LogP contribution is 2.50. The van der Waals surface area contributed by atoms with Gasteiger partial charge in [-0.05, 0) is 25.1 Å². The average molecular weight is 324 g/mol. The molecule has 8 nitrogen and oxygen atoms in total.